The van der Waals surface area contributed by atoms with E-state index in [0.29, 0.717) is 0 Å². The summed E-state index contributed by atoms with van der Waals surface area (Å²) >= 11 is 2.85. The van der Waals surface area contributed by atoms with E-state index < -0.39 is 28.9 Å². The van der Waals surface area contributed by atoms with E-state index in [4.69, 9.17) is 4.74 Å². The van der Waals surface area contributed by atoms with Crippen LogP contribution in [0, 0.1) is 11.6 Å². The molecule has 0 saturated heterocycles. The first-order valence-corrected chi connectivity index (χ1v) is 7.51. The van der Waals surface area contributed by atoms with Gasteiger partial charge in [0.2, 0.25) is 0 Å². The van der Waals surface area contributed by atoms with Crippen molar-refractivity contribution in [2.24, 2.45) is 4.99 Å². The normalized spacial score (nSPS) is 15.8. The second-order valence-electron chi connectivity index (χ2n) is 4.74. The average molecular weight is 374 g/mol. The van der Waals surface area contributed by atoms with Gasteiger partial charge in [-0.2, -0.15) is 0 Å². The minimum absolute atomic E-state index is 0.0779. The summed E-state index contributed by atoms with van der Waals surface area (Å²) < 4.78 is 32.2. The summed E-state index contributed by atoms with van der Waals surface area (Å²) in [7, 11) is 0. The van der Waals surface area contributed by atoms with Crippen molar-refractivity contribution in [1.82, 2.24) is 0 Å². The van der Waals surface area contributed by atoms with Gasteiger partial charge in [-0.1, -0.05) is 0 Å². The topological polar surface area (TPSA) is 58.9 Å². The van der Waals surface area contributed by atoms with Crippen LogP contribution in [-0.2, 0) is 9.53 Å². The Hall–Kier alpha value is -1.76. The Morgan fingerprint density at radius 1 is 1.45 bits per heavy atom. The van der Waals surface area contributed by atoms with Crippen molar-refractivity contribution in [2.75, 3.05) is 6.61 Å². The number of benzene rings is 1. The lowest BCUT2D eigenvalue weighted by atomic mass is 10.1. The molecule has 1 N–H and O–H groups in total. The second kappa shape index (κ2) is 7.00. The lowest BCUT2D eigenvalue weighted by Crippen LogP contribution is -2.12. The van der Waals surface area contributed by atoms with Gasteiger partial charge in [0, 0.05) is 6.21 Å². The molecule has 0 unspecified atom stereocenters. The molecule has 7 heteroatoms. The van der Waals surface area contributed by atoms with Crippen LogP contribution in [-0.4, -0.2) is 29.9 Å². The van der Waals surface area contributed by atoms with Gasteiger partial charge in [-0.15, -0.1) is 0 Å². The molecule has 1 aliphatic rings. The number of rotatable bonds is 5. The van der Waals surface area contributed by atoms with E-state index in [1.165, 1.54) is 0 Å². The molecule has 4 nitrogen and oxygen atoms in total. The zero-order chi connectivity index (χ0) is 16.3. The highest BCUT2D eigenvalue weighted by Gasteiger charge is 2.23. The Morgan fingerprint density at radius 3 is 2.73 bits per heavy atom. The number of aliphatic imine (C=N–C) groups is 1. The smallest absolute Gasteiger partial charge is 0.343 e. The van der Waals surface area contributed by atoms with E-state index in [1.54, 1.807) is 6.92 Å². The predicted molar refractivity (Wildman–Crippen MR) is 81.8 cm³/mol. The number of aliphatic hydroxyl groups excluding tert-OH is 1. The number of carbonyl (C=O) groups excluding carboxylic acids is 1. The molecule has 0 bridgehead atoms. The lowest BCUT2D eigenvalue weighted by Gasteiger charge is -2.08. The maximum atomic E-state index is 13.9. The Balaban J connectivity index is 2.47. The number of hydrogen-bond donors (Lipinski definition) is 1. The van der Waals surface area contributed by atoms with Gasteiger partial charge in [0.25, 0.3) is 0 Å². The van der Waals surface area contributed by atoms with Crippen LogP contribution in [0.3, 0.4) is 0 Å². The fourth-order valence-corrected chi connectivity index (χ4v) is 1.99. The maximum Gasteiger partial charge on any atom is 0.343 e. The minimum Gasteiger partial charge on any atom is -0.506 e. The lowest BCUT2D eigenvalue weighted by molar-refractivity contribution is -0.137. The highest BCUT2D eigenvalue weighted by atomic mass is 79.9. The Morgan fingerprint density at radius 2 is 2.14 bits per heavy atom. The molecule has 0 heterocycles. The summed E-state index contributed by atoms with van der Waals surface area (Å²) in [5.41, 5.74) is -0.722. The van der Waals surface area contributed by atoms with Crippen LogP contribution in [0.25, 0.3) is 5.76 Å². The van der Waals surface area contributed by atoms with Crippen molar-refractivity contribution in [3.05, 3.63) is 39.4 Å². The third kappa shape index (κ3) is 3.91. The molecule has 0 atom stereocenters. The highest BCUT2D eigenvalue weighted by molar-refractivity contribution is 9.10. The van der Waals surface area contributed by atoms with E-state index in [0.717, 1.165) is 31.2 Å². The summed E-state index contributed by atoms with van der Waals surface area (Å²) in [4.78, 5) is 16.0. The van der Waals surface area contributed by atoms with Gasteiger partial charge in [-0.3, -0.25) is 4.99 Å². The van der Waals surface area contributed by atoms with Crippen molar-refractivity contribution < 1.29 is 23.4 Å². The molecule has 1 fully saturated rings. The first kappa shape index (κ1) is 16.6. The van der Waals surface area contributed by atoms with Crippen molar-refractivity contribution >= 4 is 33.9 Å². The third-order valence-corrected chi connectivity index (χ3v) is 3.58. The number of halogens is 3. The van der Waals surface area contributed by atoms with Gasteiger partial charge in [0.1, 0.15) is 23.0 Å². The Kier molecular flexibility index (Phi) is 5.28. The zero-order valence-electron chi connectivity index (χ0n) is 11.8. The fourth-order valence-electron chi connectivity index (χ4n) is 1.67. The molecule has 1 aromatic rings. The van der Waals surface area contributed by atoms with E-state index in [2.05, 4.69) is 20.9 Å². The molecular formula is C15H14BrF2NO3. The van der Waals surface area contributed by atoms with Gasteiger partial charge in [-0.05, 0) is 47.8 Å². The van der Waals surface area contributed by atoms with E-state index in [9.17, 15) is 18.7 Å². The van der Waals surface area contributed by atoms with Crippen molar-refractivity contribution in [3.8, 4) is 0 Å². The standard InChI is InChI=1S/C15H14BrF2NO3/c1-2-22-15(21)10(7-19-8-3-4-8)14(20)9-5-13(18)11(16)6-12(9)17/h5-8,20H,2-4H2,1H3/b14-10+,19-7?. The number of hydrogen-bond acceptors (Lipinski definition) is 4. The molecule has 22 heavy (non-hydrogen) atoms. The number of aliphatic hydroxyl groups is 1. The van der Waals surface area contributed by atoms with E-state index in [-0.39, 0.29) is 22.7 Å². The Bertz CT molecular complexity index is 654. The molecule has 0 radical (unpaired) electrons. The number of ether oxygens (including phenoxy) is 1. The SMILES string of the molecule is CCOC(=O)/C(C=NC1CC1)=C(/O)c1cc(F)c(Br)cc1F. The summed E-state index contributed by atoms with van der Waals surface area (Å²) in [6.07, 6.45) is 2.95. The van der Waals surface area contributed by atoms with Gasteiger partial charge in [0.05, 0.1) is 22.7 Å². The van der Waals surface area contributed by atoms with Crippen LogP contribution in [0.2, 0.25) is 0 Å². The zero-order valence-corrected chi connectivity index (χ0v) is 13.4. The molecule has 1 aromatic carbocycles. The van der Waals surface area contributed by atoms with Crippen molar-refractivity contribution in [3.63, 3.8) is 0 Å². The molecule has 1 saturated carbocycles. The van der Waals surface area contributed by atoms with Crippen LogP contribution in [0.15, 0.2) is 27.2 Å². The van der Waals surface area contributed by atoms with Crippen LogP contribution in [0.4, 0.5) is 8.78 Å². The van der Waals surface area contributed by atoms with Crippen LogP contribution in [0.5, 0.6) is 0 Å². The number of carbonyl (C=O) groups is 1. The highest BCUT2D eigenvalue weighted by Crippen LogP contribution is 2.27. The molecule has 0 amide bonds. The van der Waals surface area contributed by atoms with Crippen molar-refractivity contribution in [2.45, 2.75) is 25.8 Å². The molecular weight excluding hydrogens is 360 g/mol. The van der Waals surface area contributed by atoms with Crippen LogP contribution >= 0.6 is 15.9 Å². The van der Waals surface area contributed by atoms with Crippen molar-refractivity contribution in [1.29, 1.82) is 0 Å². The predicted octanol–water partition coefficient (Wildman–Crippen LogP) is 3.79. The summed E-state index contributed by atoms with van der Waals surface area (Å²) in [6.45, 7) is 1.69. The Labute approximate surface area is 134 Å². The summed E-state index contributed by atoms with van der Waals surface area (Å²) in [6, 6.07) is 1.78. The minimum atomic E-state index is -0.868. The summed E-state index contributed by atoms with van der Waals surface area (Å²) in [5.74, 6) is -3.17. The molecule has 118 valence electrons. The second-order valence-corrected chi connectivity index (χ2v) is 5.59. The average Bonchev–Trinajstić information content (AvgIpc) is 3.27. The molecule has 1 aliphatic carbocycles. The third-order valence-electron chi connectivity index (χ3n) is 2.98. The van der Waals surface area contributed by atoms with Gasteiger partial charge < -0.3 is 9.84 Å². The maximum absolute atomic E-state index is 13.9. The van der Waals surface area contributed by atoms with Gasteiger partial charge >= 0.3 is 5.97 Å². The van der Waals surface area contributed by atoms with Crippen LogP contribution < -0.4 is 0 Å². The number of nitrogens with zero attached hydrogens (tertiary/aromatic N) is 1. The molecule has 0 spiro atoms. The fraction of sp³-hybridized carbons (Fsp3) is 0.333. The molecule has 2 rings (SSSR count). The molecule has 0 aliphatic heterocycles. The summed E-state index contributed by atoms with van der Waals surface area (Å²) in [5, 5.41) is 10.2. The molecule has 0 aromatic heterocycles. The van der Waals surface area contributed by atoms with Crippen LogP contribution in [0.1, 0.15) is 25.3 Å². The largest absolute Gasteiger partial charge is 0.506 e. The van der Waals surface area contributed by atoms with E-state index >= 15 is 0 Å². The number of esters is 1. The quantitative estimate of drug-likeness (QED) is 0.281. The van der Waals surface area contributed by atoms with E-state index in [1.807, 2.05) is 0 Å². The monoisotopic (exact) mass is 373 g/mol. The van der Waals surface area contributed by atoms with Gasteiger partial charge in [0.15, 0.2) is 0 Å². The van der Waals surface area contributed by atoms with Gasteiger partial charge in [-0.25, -0.2) is 13.6 Å². The first-order valence-electron chi connectivity index (χ1n) is 6.72. The first-order chi connectivity index (χ1) is 10.4.